The Bertz CT molecular complexity index is 384. The Labute approximate surface area is 117 Å². The first-order chi connectivity index (χ1) is 8.08. The lowest BCUT2D eigenvalue weighted by molar-refractivity contribution is 0.135. The second kappa shape index (κ2) is 5.44. The van der Waals surface area contributed by atoms with Crippen molar-refractivity contribution in [1.82, 2.24) is 5.01 Å². The average Bonchev–Trinajstić information content (AvgIpc) is 2.26. The number of hydrogen-bond donors (Lipinski definition) is 2. The van der Waals surface area contributed by atoms with Crippen molar-refractivity contribution < 1.29 is 0 Å². The van der Waals surface area contributed by atoms with E-state index in [9.17, 15) is 0 Å². The van der Waals surface area contributed by atoms with Crippen LogP contribution >= 0.6 is 22.6 Å². The standard InChI is InChI=1S/C13H20IN3/c1-9-4-3-5-10(2)17(9)16-13-7-6-11(15)8-12(13)14/h6-10,16H,3-5,15H2,1-2H3. The minimum absolute atomic E-state index is 0.590. The van der Waals surface area contributed by atoms with Crippen LogP contribution in [0.25, 0.3) is 0 Å². The van der Waals surface area contributed by atoms with E-state index in [0.29, 0.717) is 12.1 Å². The minimum Gasteiger partial charge on any atom is -0.399 e. The van der Waals surface area contributed by atoms with Crippen molar-refractivity contribution in [3.8, 4) is 0 Å². The summed E-state index contributed by atoms with van der Waals surface area (Å²) in [7, 11) is 0. The molecular weight excluding hydrogens is 325 g/mol. The van der Waals surface area contributed by atoms with Crippen molar-refractivity contribution in [1.29, 1.82) is 0 Å². The van der Waals surface area contributed by atoms with Crippen molar-refractivity contribution in [2.75, 3.05) is 11.2 Å². The molecule has 4 heteroatoms. The lowest BCUT2D eigenvalue weighted by atomic mass is 10.00. The van der Waals surface area contributed by atoms with Gasteiger partial charge >= 0.3 is 0 Å². The van der Waals surface area contributed by atoms with Gasteiger partial charge in [0.2, 0.25) is 0 Å². The molecule has 1 aliphatic heterocycles. The summed E-state index contributed by atoms with van der Waals surface area (Å²) < 4.78 is 1.17. The van der Waals surface area contributed by atoms with Gasteiger partial charge in [0.15, 0.2) is 0 Å². The Kier molecular flexibility index (Phi) is 4.14. The van der Waals surface area contributed by atoms with Crippen LogP contribution in [0.15, 0.2) is 18.2 Å². The molecule has 2 atom stereocenters. The second-order valence-electron chi connectivity index (χ2n) is 4.89. The van der Waals surface area contributed by atoms with E-state index >= 15 is 0 Å². The number of nitrogens with one attached hydrogen (secondary N) is 1. The molecule has 3 N–H and O–H groups in total. The van der Waals surface area contributed by atoms with Gasteiger partial charge in [0.05, 0.1) is 5.69 Å². The maximum absolute atomic E-state index is 5.77. The number of anilines is 2. The number of nitrogens with two attached hydrogens (primary N) is 1. The van der Waals surface area contributed by atoms with E-state index < -0.39 is 0 Å². The zero-order chi connectivity index (χ0) is 12.4. The molecule has 2 unspecified atom stereocenters. The number of piperidine rings is 1. The number of nitrogen functional groups attached to an aromatic ring is 1. The van der Waals surface area contributed by atoms with Crippen molar-refractivity contribution in [3.05, 3.63) is 21.8 Å². The normalized spacial score (nSPS) is 25.8. The molecule has 3 nitrogen and oxygen atoms in total. The molecule has 0 radical (unpaired) electrons. The molecular formula is C13H20IN3. The summed E-state index contributed by atoms with van der Waals surface area (Å²) in [6.07, 6.45) is 3.87. The van der Waals surface area contributed by atoms with Crippen molar-refractivity contribution >= 4 is 34.0 Å². The number of hydrazine groups is 1. The van der Waals surface area contributed by atoms with Gasteiger partial charge in [-0.3, -0.25) is 0 Å². The molecule has 17 heavy (non-hydrogen) atoms. The molecule has 0 bridgehead atoms. The number of hydrogen-bond acceptors (Lipinski definition) is 3. The first-order valence-corrected chi connectivity index (χ1v) is 7.26. The summed E-state index contributed by atoms with van der Waals surface area (Å²) in [5.41, 5.74) is 11.3. The van der Waals surface area contributed by atoms with Crippen molar-refractivity contribution in [3.63, 3.8) is 0 Å². The summed E-state index contributed by atoms with van der Waals surface area (Å²) in [6, 6.07) is 7.19. The molecule has 2 rings (SSSR count). The van der Waals surface area contributed by atoms with Gasteiger partial charge in [0, 0.05) is 21.3 Å². The van der Waals surface area contributed by atoms with Crippen LogP contribution in [-0.2, 0) is 0 Å². The van der Waals surface area contributed by atoms with Crippen LogP contribution in [0.3, 0.4) is 0 Å². The first-order valence-electron chi connectivity index (χ1n) is 6.18. The maximum Gasteiger partial charge on any atom is 0.0625 e. The van der Waals surface area contributed by atoms with Crippen molar-refractivity contribution in [2.24, 2.45) is 0 Å². The van der Waals surface area contributed by atoms with Crippen LogP contribution in [0.5, 0.6) is 0 Å². The Morgan fingerprint density at radius 2 is 1.94 bits per heavy atom. The molecule has 1 aromatic rings. The molecule has 0 aromatic heterocycles. The largest absolute Gasteiger partial charge is 0.399 e. The second-order valence-corrected chi connectivity index (χ2v) is 6.05. The van der Waals surface area contributed by atoms with Gasteiger partial charge in [-0.2, -0.15) is 0 Å². The fourth-order valence-electron chi connectivity index (χ4n) is 2.40. The number of halogens is 1. The Morgan fingerprint density at radius 3 is 2.53 bits per heavy atom. The topological polar surface area (TPSA) is 41.3 Å². The molecule has 0 aliphatic carbocycles. The Hall–Kier alpha value is -0.490. The molecule has 0 amide bonds. The summed E-state index contributed by atoms with van der Waals surface area (Å²) in [5, 5.41) is 2.37. The quantitative estimate of drug-likeness (QED) is 0.637. The molecule has 1 fully saturated rings. The summed E-state index contributed by atoms with van der Waals surface area (Å²) in [4.78, 5) is 0. The highest BCUT2D eigenvalue weighted by Crippen LogP contribution is 2.26. The molecule has 1 heterocycles. The highest BCUT2D eigenvalue weighted by molar-refractivity contribution is 14.1. The van der Waals surface area contributed by atoms with Crippen LogP contribution < -0.4 is 11.2 Å². The third-order valence-electron chi connectivity index (χ3n) is 3.44. The maximum atomic E-state index is 5.77. The Balaban J connectivity index is 2.13. The van der Waals surface area contributed by atoms with Gasteiger partial charge in [0.25, 0.3) is 0 Å². The fourth-order valence-corrected chi connectivity index (χ4v) is 3.06. The van der Waals surface area contributed by atoms with Crippen LogP contribution in [0.1, 0.15) is 33.1 Å². The van der Waals surface area contributed by atoms with E-state index in [1.165, 1.54) is 22.8 Å². The summed E-state index contributed by atoms with van der Waals surface area (Å²) in [6.45, 7) is 4.57. The molecule has 0 spiro atoms. The zero-order valence-electron chi connectivity index (χ0n) is 10.4. The monoisotopic (exact) mass is 345 g/mol. The van der Waals surface area contributed by atoms with Gasteiger partial charge < -0.3 is 11.2 Å². The zero-order valence-corrected chi connectivity index (χ0v) is 12.6. The van der Waals surface area contributed by atoms with E-state index in [4.69, 9.17) is 5.73 Å². The third-order valence-corrected chi connectivity index (χ3v) is 4.33. The van der Waals surface area contributed by atoms with E-state index in [1.807, 2.05) is 12.1 Å². The lowest BCUT2D eigenvalue weighted by Crippen LogP contribution is -2.47. The average molecular weight is 345 g/mol. The van der Waals surface area contributed by atoms with Gasteiger partial charge in [-0.25, -0.2) is 5.01 Å². The predicted molar refractivity (Wildman–Crippen MR) is 81.8 cm³/mol. The number of rotatable bonds is 2. The first kappa shape index (κ1) is 13.0. The van der Waals surface area contributed by atoms with Crippen molar-refractivity contribution in [2.45, 2.75) is 45.2 Å². The van der Waals surface area contributed by atoms with E-state index in [-0.39, 0.29) is 0 Å². The molecule has 1 aliphatic rings. The van der Waals surface area contributed by atoms with Gasteiger partial charge in [-0.05, 0) is 67.5 Å². The molecule has 0 saturated carbocycles. The minimum atomic E-state index is 0.590. The lowest BCUT2D eigenvalue weighted by Gasteiger charge is -2.39. The van der Waals surface area contributed by atoms with Gasteiger partial charge in [-0.15, -0.1) is 0 Å². The van der Waals surface area contributed by atoms with Crippen LogP contribution in [0.2, 0.25) is 0 Å². The number of benzene rings is 1. The van der Waals surface area contributed by atoms with Crippen LogP contribution in [0.4, 0.5) is 11.4 Å². The van der Waals surface area contributed by atoms with E-state index in [1.54, 1.807) is 0 Å². The number of nitrogens with zero attached hydrogens (tertiary/aromatic N) is 1. The summed E-state index contributed by atoms with van der Waals surface area (Å²) in [5.74, 6) is 0. The third kappa shape index (κ3) is 3.04. The SMILES string of the molecule is CC1CCCC(C)N1Nc1ccc(N)cc1I. The Morgan fingerprint density at radius 1 is 1.29 bits per heavy atom. The molecule has 1 saturated heterocycles. The van der Waals surface area contributed by atoms with Crippen LogP contribution in [0, 0.1) is 3.57 Å². The van der Waals surface area contributed by atoms with Crippen LogP contribution in [-0.4, -0.2) is 17.1 Å². The fraction of sp³-hybridized carbons (Fsp3) is 0.538. The molecule has 94 valence electrons. The van der Waals surface area contributed by atoms with E-state index in [0.717, 1.165) is 11.4 Å². The highest BCUT2D eigenvalue weighted by Gasteiger charge is 2.24. The highest BCUT2D eigenvalue weighted by atomic mass is 127. The molecule has 1 aromatic carbocycles. The van der Waals surface area contributed by atoms with E-state index in [2.05, 4.69) is 52.9 Å². The van der Waals surface area contributed by atoms with Gasteiger partial charge in [-0.1, -0.05) is 6.42 Å². The summed E-state index contributed by atoms with van der Waals surface area (Å²) >= 11 is 2.33. The predicted octanol–water partition coefficient (Wildman–Crippen LogP) is 3.46. The van der Waals surface area contributed by atoms with Gasteiger partial charge in [0.1, 0.15) is 0 Å². The smallest absolute Gasteiger partial charge is 0.0625 e.